The van der Waals surface area contributed by atoms with E-state index in [2.05, 4.69) is 20.9 Å². The highest BCUT2D eigenvalue weighted by Gasteiger charge is 2.19. The van der Waals surface area contributed by atoms with Gasteiger partial charge < -0.3 is 14.5 Å². The van der Waals surface area contributed by atoms with E-state index in [1.807, 2.05) is 19.1 Å². The number of ether oxygens (including phenoxy) is 2. The quantitative estimate of drug-likeness (QED) is 0.867. The van der Waals surface area contributed by atoms with E-state index in [1.54, 1.807) is 7.11 Å². The molecule has 0 atom stereocenters. The Morgan fingerprint density at radius 1 is 1.35 bits per heavy atom. The molecule has 0 spiro atoms. The summed E-state index contributed by atoms with van der Waals surface area (Å²) in [5, 5.41) is 0.891. The van der Waals surface area contributed by atoms with Crippen LogP contribution in [-0.2, 0) is 4.74 Å². The summed E-state index contributed by atoms with van der Waals surface area (Å²) in [6, 6.07) is 3.73. The maximum absolute atomic E-state index is 11.6. The fourth-order valence-electron chi connectivity index (χ4n) is 1.87. The molecule has 4 nitrogen and oxygen atoms in total. The Morgan fingerprint density at radius 3 is 2.65 bits per heavy atom. The van der Waals surface area contributed by atoms with Crippen LogP contribution in [0.15, 0.2) is 16.6 Å². The molecular weight excluding hydrogens is 286 g/mol. The van der Waals surface area contributed by atoms with Crippen LogP contribution < -0.4 is 4.74 Å². The number of carbonyl (C=O) groups excluding carboxylic acids is 1. The topological polar surface area (TPSA) is 51.3 Å². The Labute approximate surface area is 107 Å². The van der Waals surface area contributed by atoms with Crippen molar-refractivity contribution < 1.29 is 14.3 Å². The predicted molar refractivity (Wildman–Crippen MR) is 68.6 cm³/mol. The molecule has 0 saturated heterocycles. The summed E-state index contributed by atoms with van der Waals surface area (Å²) in [6.45, 7) is 1.86. The lowest BCUT2D eigenvalue weighted by atomic mass is 10.1. The number of H-pyrrole nitrogens is 1. The summed E-state index contributed by atoms with van der Waals surface area (Å²) in [5.41, 5.74) is 2.11. The van der Waals surface area contributed by atoms with E-state index >= 15 is 0 Å². The molecule has 0 aliphatic rings. The maximum atomic E-state index is 11.6. The smallest absolute Gasteiger partial charge is 0.354 e. The Kier molecular flexibility index (Phi) is 3.11. The Morgan fingerprint density at radius 2 is 2.06 bits per heavy atom. The molecule has 1 N–H and O–H groups in total. The van der Waals surface area contributed by atoms with Crippen LogP contribution in [0.25, 0.3) is 10.9 Å². The lowest BCUT2D eigenvalue weighted by Crippen LogP contribution is -2.03. The molecule has 1 heterocycles. The first-order valence-corrected chi connectivity index (χ1v) is 5.82. The lowest BCUT2D eigenvalue weighted by Gasteiger charge is -2.03. The van der Waals surface area contributed by atoms with E-state index in [4.69, 9.17) is 9.47 Å². The zero-order valence-corrected chi connectivity index (χ0v) is 11.3. The highest BCUT2D eigenvalue weighted by molar-refractivity contribution is 9.10. The molecule has 2 aromatic rings. The van der Waals surface area contributed by atoms with Crippen LogP contribution in [0.4, 0.5) is 0 Å². The van der Waals surface area contributed by atoms with E-state index in [0.29, 0.717) is 5.69 Å². The van der Waals surface area contributed by atoms with Crippen molar-refractivity contribution in [3.05, 3.63) is 27.9 Å². The second-order valence-electron chi connectivity index (χ2n) is 3.62. The van der Waals surface area contributed by atoms with Crippen LogP contribution in [0.2, 0.25) is 0 Å². The van der Waals surface area contributed by atoms with E-state index in [0.717, 1.165) is 26.7 Å². The van der Waals surface area contributed by atoms with E-state index < -0.39 is 0 Å². The normalized spacial score (nSPS) is 10.6. The number of hydrogen-bond donors (Lipinski definition) is 1. The number of methoxy groups -OCH3 is 2. The van der Waals surface area contributed by atoms with Gasteiger partial charge in [0.25, 0.3) is 0 Å². The monoisotopic (exact) mass is 297 g/mol. The minimum atomic E-state index is -0.382. The Balaban J connectivity index is 2.81. The van der Waals surface area contributed by atoms with Crippen molar-refractivity contribution in [1.29, 1.82) is 0 Å². The maximum Gasteiger partial charge on any atom is 0.354 e. The number of rotatable bonds is 2. The standard InChI is InChI=1S/C12H12BrNO3/c1-6-9-8(16-2)5-4-7(13)11(9)14-10(6)12(15)17-3/h4-5,14H,1-3H3. The van der Waals surface area contributed by atoms with Crippen LogP contribution in [0.3, 0.4) is 0 Å². The molecule has 0 bridgehead atoms. The fourth-order valence-corrected chi connectivity index (χ4v) is 2.30. The molecule has 5 heteroatoms. The number of hydrogen-bond acceptors (Lipinski definition) is 3. The molecule has 1 aromatic carbocycles. The highest BCUT2D eigenvalue weighted by Crippen LogP contribution is 2.35. The van der Waals surface area contributed by atoms with Gasteiger partial charge in [-0.3, -0.25) is 0 Å². The molecule has 0 aliphatic carbocycles. The van der Waals surface area contributed by atoms with E-state index in [-0.39, 0.29) is 5.97 Å². The largest absolute Gasteiger partial charge is 0.496 e. The second-order valence-corrected chi connectivity index (χ2v) is 4.47. The summed E-state index contributed by atoms with van der Waals surface area (Å²) in [7, 11) is 2.96. The third-order valence-corrected chi connectivity index (χ3v) is 3.39. The van der Waals surface area contributed by atoms with Crippen LogP contribution in [0.5, 0.6) is 5.75 Å². The summed E-state index contributed by atoms with van der Waals surface area (Å²) in [4.78, 5) is 14.7. The Hall–Kier alpha value is -1.49. The van der Waals surface area contributed by atoms with Crippen molar-refractivity contribution in [3.8, 4) is 5.75 Å². The molecular formula is C12H12BrNO3. The molecule has 0 saturated carbocycles. The van der Waals surface area contributed by atoms with Gasteiger partial charge in [0.2, 0.25) is 0 Å². The minimum Gasteiger partial charge on any atom is -0.496 e. The van der Waals surface area contributed by atoms with Crippen molar-refractivity contribution in [2.24, 2.45) is 0 Å². The number of carbonyl (C=O) groups is 1. The molecule has 0 aliphatic heterocycles. The molecule has 1 aromatic heterocycles. The average Bonchev–Trinajstić information content (AvgIpc) is 2.69. The summed E-state index contributed by atoms with van der Waals surface area (Å²) >= 11 is 3.44. The molecule has 0 amide bonds. The number of fused-ring (bicyclic) bond motifs is 1. The van der Waals surface area contributed by atoms with Gasteiger partial charge in [0, 0.05) is 9.86 Å². The van der Waals surface area contributed by atoms with Crippen LogP contribution in [-0.4, -0.2) is 25.2 Å². The molecule has 0 unspecified atom stereocenters. The third-order valence-electron chi connectivity index (χ3n) is 2.73. The molecule has 90 valence electrons. The zero-order valence-electron chi connectivity index (χ0n) is 9.76. The van der Waals surface area contributed by atoms with Gasteiger partial charge in [-0.1, -0.05) is 0 Å². The number of benzene rings is 1. The number of nitrogens with one attached hydrogen (secondary N) is 1. The SMILES string of the molecule is COC(=O)c1[nH]c2c(Br)ccc(OC)c2c1C. The molecule has 2 rings (SSSR count). The average molecular weight is 298 g/mol. The first-order valence-electron chi connectivity index (χ1n) is 5.03. The van der Waals surface area contributed by atoms with Gasteiger partial charge in [-0.05, 0) is 40.5 Å². The fraction of sp³-hybridized carbons (Fsp3) is 0.250. The van der Waals surface area contributed by atoms with Crippen molar-refractivity contribution in [3.63, 3.8) is 0 Å². The number of aryl methyl sites for hydroxylation is 1. The number of halogens is 1. The van der Waals surface area contributed by atoms with Gasteiger partial charge in [-0.25, -0.2) is 4.79 Å². The lowest BCUT2D eigenvalue weighted by molar-refractivity contribution is 0.0594. The third kappa shape index (κ3) is 1.80. The van der Waals surface area contributed by atoms with Crippen molar-refractivity contribution >= 4 is 32.8 Å². The van der Waals surface area contributed by atoms with E-state index in [1.165, 1.54) is 7.11 Å². The van der Waals surface area contributed by atoms with Gasteiger partial charge in [0.05, 0.1) is 19.7 Å². The predicted octanol–water partition coefficient (Wildman–Crippen LogP) is 3.03. The van der Waals surface area contributed by atoms with Crippen LogP contribution >= 0.6 is 15.9 Å². The highest BCUT2D eigenvalue weighted by atomic mass is 79.9. The van der Waals surface area contributed by atoms with Gasteiger partial charge >= 0.3 is 5.97 Å². The molecule has 0 radical (unpaired) electrons. The van der Waals surface area contributed by atoms with Crippen molar-refractivity contribution in [2.45, 2.75) is 6.92 Å². The van der Waals surface area contributed by atoms with Crippen molar-refractivity contribution in [2.75, 3.05) is 14.2 Å². The summed E-state index contributed by atoms with van der Waals surface area (Å²) in [5.74, 6) is 0.347. The molecule has 17 heavy (non-hydrogen) atoms. The first-order chi connectivity index (χ1) is 8.10. The summed E-state index contributed by atoms with van der Waals surface area (Å²) in [6.07, 6.45) is 0. The summed E-state index contributed by atoms with van der Waals surface area (Å²) < 4.78 is 10.9. The number of esters is 1. The first kappa shape index (κ1) is 12.0. The number of aromatic amines is 1. The van der Waals surface area contributed by atoms with E-state index in [9.17, 15) is 4.79 Å². The second kappa shape index (κ2) is 4.41. The minimum absolute atomic E-state index is 0.382. The Bertz CT molecular complexity index is 589. The zero-order chi connectivity index (χ0) is 12.6. The van der Waals surface area contributed by atoms with Gasteiger partial charge in [0.1, 0.15) is 11.4 Å². The van der Waals surface area contributed by atoms with Gasteiger partial charge in [0.15, 0.2) is 0 Å². The van der Waals surface area contributed by atoms with Gasteiger partial charge in [-0.15, -0.1) is 0 Å². The molecule has 0 fully saturated rings. The van der Waals surface area contributed by atoms with Gasteiger partial charge in [-0.2, -0.15) is 0 Å². The number of aromatic nitrogens is 1. The van der Waals surface area contributed by atoms with Crippen molar-refractivity contribution in [1.82, 2.24) is 4.98 Å². The van der Waals surface area contributed by atoms with Crippen LogP contribution in [0, 0.1) is 6.92 Å². The van der Waals surface area contributed by atoms with Crippen LogP contribution in [0.1, 0.15) is 16.1 Å².